The summed E-state index contributed by atoms with van der Waals surface area (Å²) in [7, 11) is 2.13. The van der Waals surface area contributed by atoms with Crippen LogP contribution in [0.2, 0.25) is 0 Å². The number of hydrogen-bond acceptors (Lipinski definition) is 3. The molecule has 1 heterocycles. The molecule has 30 heavy (non-hydrogen) atoms. The minimum atomic E-state index is -0.690. The molecular formula is C24H32N3O3+. The van der Waals surface area contributed by atoms with E-state index in [-0.39, 0.29) is 11.8 Å². The smallest absolute Gasteiger partial charge is 0.265 e. The maximum Gasteiger partial charge on any atom is 0.265 e. The Morgan fingerprint density at radius 3 is 2.27 bits per heavy atom. The molecule has 0 spiro atoms. The second-order valence-electron chi connectivity index (χ2n) is 8.27. The van der Waals surface area contributed by atoms with Crippen molar-refractivity contribution in [2.45, 2.75) is 32.8 Å². The summed E-state index contributed by atoms with van der Waals surface area (Å²) in [6.07, 6.45) is -0.690. The van der Waals surface area contributed by atoms with E-state index in [9.17, 15) is 9.59 Å². The van der Waals surface area contributed by atoms with E-state index < -0.39 is 6.10 Å². The van der Waals surface area contributed by atoms with Crippen molar-refractivity contribution in [3.8, 4) is 5.75 Å². The second kappa shape index (κ2) is 9.76. The van der Waals surface area contributed by atoms with Crippen LogP contribution in [0.5, 0.6) is 5.75 Å². The Labute approximate surface area is 178 Å². The molecule has 2 N–H and O–H groups in total. The maximum absolute atomic E-state index is 13.0. The molecule has 1 aliphatic heterocycles. The molecule has 0 aromatic heterocycles. The molecule has 0 bridgehead atoms. The van der Waals surface area contributed by atoms with Crippen LogP contribution >= 0.6 is 0 Å². The quantitative estimate of drug-likeness (QED) is 0.767. The molecule has 160 valence electrons. The minimum Gasteiger partial charge on any atom is -0.481 e. The number of quaternary nitrogens is 1. The highest BCUT2D eigenvalue weighted by atomic mass is 16.5. The summed E-state index contributed by atoms with van der Waals surface area (Å²) in [4.78, 5) is 29.0. The van der Waals surface area contributed by atoms with Crippen LogP contribution in [0, 0.1) is 0 Å². The zero-order valence-corrected chi connectivity index (χ0v) is 18.3. The van der Waals surface area contributed by atoms with E-state index >= 15 is 0 Å². The van der Waals surface area contributed by atoms with Gasteiger partial charge in [0.25, 0.3) is 11.8 Å². The third kappa shape index (κ3) is 5.39. The van der Waals surface area contributed by atoms with E-state index in [0.717, 1.165) is 26.2 Å². The van der Waals surface area contributed by atoms with Crippen molar-refractivity contribution in [2.24, 2.45) is 0 Å². The highest BCUT2D eigenvalue weighted by molar-refractivity contribution is 6.04. The minimum absolute atomic E-state index is 0.0451. The van der Waals surface area contributed by atoms with E-state index in [2.05, 4.69) is 26.2 Å². The molecular weight excluding hydrogens is 378 g/mol. The number of hydrogen-bond donors (Lipinski definition) is 2. The molecule has 1 atom stereocenters. The van der Waals surface area contributed by atoms with E-state index in [1.54, 1.807) is 19.1 Å². The summed E-state index contributed by atoms with van der Waals surface area (Å²) in [6, 6.07) is 14.9. The lowest BCUT2D eigenvalue weighted by Gasteiger charge is -2.30. The predicted molar refractivity (Wildman–Crippen MR) is 118 cm³/mol. The highest BCUT2D eigenvalue weighted by Crippen LogP contribution is 2.21. The van der Waals surface area contributed by atoms with Crippen LogP contribution in [0.4, 0.5) is 5.69 Å². The van der Waals surface area contributed by atoms with Crippen LogP contribution in [0.3, 0.4) is 0 Å². The fourth-order valence-electron chi connectivity index (χ4n) is 3.46. The number of piperazine rings is 1. The van der Waals surface area contributed by atoms with Gasteiger partial charge in [-0.1, -0.05) is 38.1 Å². The van der Waals surface area contributed by atoms with Gasteiger partial charge in [0.1, 0.15) is 5.75 Å². The first-order valence-electron chi connectivity index (χ1n) is 10.6. The standard InChI is InChI=1S/C24H31N3O3/c1-17(2)19-9-11-20(12-10-19)30-18(3)23(28)25-22-8-6-5-7-21(22)24(29)27-15-13-26(4)14-16-27/h5-12,17-18H,13-16H2,1-4H3,(H,25,28)/p+1/t18-/m0/s1. The SMILES string of the molecule is CC(C)c1ccc(O[C@@H](C)C(=O)Nc2ccccc2C(=O)N2CC[NH+](C)CC2)cc1. The number of benzene rings is 2. The first kappa shape index (κ1) is 21.8. The lowest BCUT2D eigenvalue weighted by atomic mass is 10.0. The van der Waals surface area contributed by atoms with E-state index in [1.165, 1.54) is 10.5 Å². The van der Waals surface area contributed by atoms with Crippen molar-refractivity contribution in [1.29, 1.82) is 0 Å². The average Bonchev–Trinajstić information content (AvgIpc) is 2.74. The van der Waals surface area contributed by atoms with Gasteiger partial charge < -0.3 is 19.9 Å². The van der Waals surface area contributed by atoms with Crippen molar-refractivity contribution in [2.75, 3.05) is 38.5 Å². The van der Waals surface area contributed by atoms with Gasteiger partial charge >= 0.3 is 0 Å². The molecule has 3 rings (SSSR count). The zero-order chi connectivity index (χ0) is 21.7. The van der Waals surface area contributed by atoms with Crippen LogP contribution in [-0.4, -0.2) is 56.0 Å². The average molecular weight is 411 g/mol. The number of amides is 2. The zero-order valence-electron chi connectivity index (χ0n) is 18.3. The summed E-state index contributed by atoms with van der Waals surface area (Å²) in [5.74, 6) is 0.754. The lowest BCUT2D eigenvalue weighted by molar-refractivity contribution is -0.883. The fraction of sp³-hybridized carbons (Fsp3) is 0.417. The fourth-order valence-corrected chi connectivity index (χ4v) is 3.46. The Bertz CT molecular complexity index is 872. The molecule has 2 amide bonds. The number of para-hydroxylation sites is 1. The van der Waals surface area contributed by atoms with Gasteiger partial charge in [0.2, 0.25) is 0 Å². The summed E-state index contributed by atoms with van der Waals surface area (Å²) in [5.41, 5.74) is 2.25. The molecule has 0 unspecified atom stereocenters. The Balaban J connectivity index is 1.65. The van der Waals surface area contributed by atoms with Crippen LogP contribution in [-0.2, 0) is 4.79 Å². The van der Waals surface area contributed by atoms with E-state index in [1.807, 2.05) is 41.3 Å². The molecule has 0 aliphatic carbocycles. The van der Waals surface area contributed by atoms with Gasteiger partial charge in [-0.3, -0.25) is 9.59 Å². The van der Waals surface area contributed by atoms with Gasteiger partial charge in [0, 0.05) is 0 Å². The Morgan fingerprint density at radius 1 is 1.00 bits per heavy atom. The molecule has 0 radical (unpaired) electrons. The summed E-state index contributed by atoms with van der Waals surface area (Å²) < 4.78 is 5.80. The topological polar surface area (TPSA) is 63.1 Å². The number of carbonyl (C=O) groups is 2. The second-order valence-corrected chi connectivity index (χ2v) is 8.27. The van der Waals surface area contributed by atoms with Crippen LogP contribution in [0.25, 0.3) is 0 Å². The molecule has 2 aromatic carbocycles. The third-order valence-electron chi connectivity index (χ3n) is 5.55. The molecule has 6 heteroatoms. The van der Waals surface area contributed by atoms with Crippen molar-refractivity contribution in [3.63, 3.8) is 0 Å². The van der Waals surface area contributed by atoms with Crippen LogP contribution in [0.15, 0.2) is 48.5 Å². The number of anilines is 1. The molecule has 6 nitrogen and oxygen atoms in total. The predicted octanol–water partition coefficient (Wildman–Crippen LogP) is 2.19. The van der Waals surface area contributed by atoms with Gasteiger partial charge in [-0.25, -0.2) is 0 Å². The summed E-state index contributed by atoms with van der Waals surface area (Å²) >= 11 is 0. The number of nitrogens with one attached hydrogen (secondary N) is 2. The number of likely N-dealkylation sites (N-methyl/N-ethyl adjacent to an activating group) is 1. The van der Waals surface area contributed by atoms with E-state index in [4.69, 9.17) is 4.74 Å². The van der Waals surface area contributed by atoms with Gasteiger partial charge in [-0.05, 0) is 42.7 Å². The largest absolute Gasteiger partial charge is 0.481 e. The number of nitrogens with zero attached hydrogens (tertiary/aromatic N) is 1. The normalized spacial score (nSPS) is 15.7. The highest BCUT2D eigenvalue weighted by Gasteiger charge is 2.25. The van der Waals surface area contributed by atoms with E-state index in [0.29, 0.717) is 22.9 Å². The van der Waals surface area contributed by atoms with Gasteiger partial charge in [-0.15, -0.1) is 0 Å². The van der Waals surface area contributed by atoms with Crippen molar-refractivity contribution >= 4 is 17.5 Å². The molecule has 1 aliphatic rings. The third-order valence-corrected chi connectivity index (χ3v) is 5.55. The van der Waals surface area contributed by atoms with Gasteiger partial charge in [0.05, 0.1) is 44.5 Å². The number of rotatable bonds is 6. The summed E-state index contributed by atoms with van der Waals surface area (Å²) in [6.45, 7) is 9.28. The monoisotopic (exact) mass is 410 g/mol. The first-order chi connectivity index (χ1) is 14.3. The number of carbonyl (C=O) groups excluding carboxylic acids is 2. The molecule has 0 saturated carbocycles. The van der Waals surface area contributed by atoms with Crippen LogP contribution in [0.1, 0.15) is 42.6 Å². The summed E-state index contributed by atoms with van der Waals surface area (Å²) in [5, 5.41) is 2.87. The maximum atomic E-state index is 13.0. The molecule has 1 saturated heterocycles. The first-order valence-corrected chi connectivity index (χ1v) is 10.6. The Kier molecular flexibility index (Phi) is 7.11. The van der Waals surface area contributed by atoms with Gasteiger partial charge in [0.15, 0.2) is 6.10 Å². The lowest BCUT2D eigenvalue weighted by Crippen LogP contribution is -3.12. The van der Waals surface area contributed by atoms with Crippen molar-refractivity contribution in [1.82, 2.24) is 4.90 Å². The number of ether oxygens (including phenoxy) is 1. The van der Waals surface area contributed by atoms with Crippen LogP contribution < -0.4 is 15.0 Å². The molecule has 1 fully saturated rings. The Hall–Kier alpha value is -2.86. The van der Waals surface area contributed by atoms with Crippen molar-refractivity contribution < 1.29 is 19.2 Å². The Morgan fingerprint density at radius 2 is 1.63 bits per heavy atom. The molecule has 2 aromatic rings. The van der Waals surface area contributed by atoms with Crippen molar-refractivity contribution in [3.05, 3.63) is 59.7 Å². The van der Waals surface area contributed by atoms with Gasteiger partial charge in [-0.2, -0.15) is 0 Å².